The van der Waals surface area contributed by atoms with E-state index in [1.807, 2.05) is 0 Å². The first kappa shape index (κ1) is 16.2. The maximum absolute atomic E-state index is 12.6. The second kappa shape index (κ2) is 6.75. The topological polar surface area (TPSA) is 53.2 Å². The zero-order chi connectivity index (χ0) is 16.9. The zero-order valence-electron chi connectivity index (χ0n) is 11.7. The molecule has 2 amide bonds. The first-order valence-electron chi connectivity index (χ1n) is 6.45. The number of hydrogen-bond donors (Lipinski definition) is 3. The highest BCUT2D eigenvalue weighted by atomic mass is 19.4. The van der Waals surface area contributed by atoms with Gasteiger partial charge < -0.3 is 5.32 Å². The summed E-state index contributed by atoms with van der Waals surface area (Å²) < 4.78 is 37.7. The van der Waals surface area contributed by atoms with Gasteiger partial charge >= 0.3 is 12.2 Å². The second-order valence-corrected chi connectivity index (χ2v) is 4.51. The van der Waals surface area contributed by atoms with Crippen molar-refractivity contribution in [1.82, 2.24) is 5.43 Å². The van der Waals surface area contributed by atoms with Crippen molar-refractivity contribution >= 4 is 17.4 Å². The molecule has 0 radical (unpaired) electrons. The summed E-state index contributed by atoms with van der Waals surface area (Å²) in [6.07, 6.45) is 0.802. The van der Waals surface area contributed by atoms with Gasteiger partial charge in [0, 0.05) is 11.3 Å². The molecule has 118 valence electrons. The van der Waals surface area contributed by atoms with Gasteiger partial charge in [0.1, 0.15) is 0 Å². The van der Waals surface area contributed by atoms with E-state index in [2.05, 4.69) is 22.1 Å². The Kier molecular flexibility index (Phi) is 4.76. The minimum absolute atomic E-state index is 0.104. The van der Waals surface area contributed by atoms with Gasteiger partial charge in [-0.15, -0.1) is 6.42 Å². The van der Waals surface area contributed by atoms with Crippen LogP contribution in [0.1, 0.15) is 11.1 Å². The summed E-state index contributed by atoms with van der Waals surface area (Å²) in [7, 11) is 0. The fraction of sp³-hybridized carbons (Fsp3) is 0.0625. The Morgan fingerprint density at radius 3 is 2.43 bits per heavy atom. The lowest BCUT2D eigenvalue weighted by molar-refractivity contribution is -0.137. The smallest absolute Gasteiger partial charge is 0.307 e. The number of benzene rings is 2. The van der Waals surface area contributed by atoms with E-state index in [0.717, 1.165) is 12.1 Å². The summed E-state index contributed by atoms with van der Waals surface area (Å²) in [5, 5.41) is 2.50. The van der Waals surface area contributed by atoms with Crippen LogP contribution >= 0.6 is 0 Å². The maximum Gasteiger partial charge on any atom is 0.416 e. The van der Waals surface area contributed by atoms with Gasteiger partial charge in [-0.3, -0.25) is 10.9 Å². The number of halogens is 3. The molecular formula is C16H12F3N3O. The molecule has 0 aliphatic heterocycles. The lowest BCUT2D eigenvalue weighted by Crippen LogP contribution is -2.33. The molecule has 0 fully saturated rings. The molecule has 0 heterocycles. The molecule has 0 atom stereocenters. The average molecular weight is 319 g/mol. The van der Waals surface area contributed by atoms with Gasteiger partial charge in [0.25, 0.3) is 0 Å². The summed E-state index contributed by atoms with van der Waals surface area (Å²) in [4.78, 5) is 11.7. The molecule has 0 aromatic heterocycles. The summed E-state index contributed by atoms with van der Waals surface area (Å²) in [5.74, 6) is 2.42. The van der Waals surface area contributed by atoms with Crippen molar-refractivity contribution < 1.29 is 18.0 Å². The fourth-order valence-corrected chi connectivity index (χ4v) is 1.75. The highest BCUT2D eigenvalue weighted by Gasteiger charge is 2.30. The maximum atomic E-state index is 12.6. The Balaban J connectivity index is 1.95. The van der Waals surface area contributed by atoms with Crippen LogP contribution in [0.4, 0.5) is 29.3 Å². The number of anilines is 2. The molecule has 0 aliphatic rings. The minimum atomic E-state index is -4.45. The summed E-state index contributed by atoms with van der Waals surface area (Å²) in [5.41, 5.74) is 4.99. The molecule has 3 N–H and O–H groups in total. The first-order chi connectivity index (χ1) is 10.9. The van der Waals surface area contributed by atoms with Crippen molar-refractivity contribution in [2.24, 2.45) is 0 Å². The van der Waals surface area contributed by atoms with Crippen molar-refractivity contribution in [2.75, 3.05) is 10.7 Å². The largest absolute Gasteiger partial charge is 0.416 e. The highest BCUT2D eigenvalue weighted by Crippen LogP contribution is 2.30. The van der Waals surface area contributed by atoms with E-state index in [1.165, 1.54) is 12.1 Å². The quantitative estimate of drug-likeness (QED) is 0.595. The number of carbonyl (C=O) groups is 1. The predicted molar refractivity (Wildman–Crippen MR) is 81.6 cm³/mol. The number of nitrogens with one attached hydrogen (secondary N) is 3. The molecule has 0 unspecified atom stereocenters. The van der Waals surface area contributed by atoms with E-state index in [4.69, 9.17) is 6.42 Å². The number of terminal acetylenes is 1. The summed E-state index contributed by atoms with van der Waals surface area (Å²) in [6.45, 7) is 0. The van der Waals surface area contributed by atoms with Crippen LogP contribution in [0.25, 0.3) is 0 Å². The number of hydrazine groups is 1. The Hall–Kier alpha value is -3.14. The molecule has 0 aliphatic carbocycles. The van der Waals surface area contributed by atoms with E-state index < -0.39 is 17.8 Å². The molecule has 0 bridgehead atoms. The van der Waals surface area contributed by atoms with E-state index >= 15 is 0 Å². The summed E-state index contributed by atoms with van der Waals surface area (Å²) >= 11 is 0. The van der Waals surface area contributed by atoms with Gasteiger partial charge in [0.2, 0.25) is 0 Å². The number of carbonyl (C=O) groups excluding carboxylic acids is 1. The Morgan fingerprint density at radius 2 is 1.74 bits per heavy atom. The van der Waals surface area contributed by atoms with Crippen LogP contribution in [-0.4, -0.2) is 6.03 Å². The van der Waals surface area contributed by atoms with Gasteiger partial charge in [0.05, 0.1) is 11.3 Å². The van der Waals surface area contributed by atoms with Gasteiger partial charge in [-0.05, 0) is 36.4 Å². The molecule has 0 saturated carbocycles. The predicted octanol–water partition coefficient (Wildman–Crippen LogP) is 3.84. The van der Waals surface area contributed by atoms with E-state index in [1.54, 1.807) is 24.3 Å². The highest BCUT2D eigenvalue weighted by molar-refractivity contribution is 5.90. The van der Waals surface area contributed by atoms with Crippen LogP contribution in [0.15, 0.2) is 48.5 Å². The SMILES string of the molecule is C#Cc1cccc(NC(=O)NNc2cccc(C(F)(F)F)c2)c1. The lowest BCUT2D eigenvalue weighted by atomic mass is 10.2. The lowest BCUT2D eigenvalue weighted by Gasteiger charge is -2.12. The van der Waals surface area contributed by atoms with Crippen LogP contribution in [0, 0.1) is 12.3 Å². The standard InChI is InChI=1S/C16H12F3N3O/c1-2-11-5-3-7-13(9-11)20-15(23)22-21-14-8-4-6-12(10-14)16(17,18)19/h1,3-10,21H,(H2,20,22,23). The van der Waals surface area contributed by atoms with Gasteiger partial charge in [0.15, 0.2) is 0 Å². The molecule has 4 nitrogen and oxygen atoms in total. The molecule has 7 heteroatoms. The molecule has 2 aromatic carbocycles. The number of rotatable bonds is 3. The monoisotopic (exact) mass is 319 g/mol. The normalized spacial score (nSPS) is 10.5. The van der Waals surface area contributed by atoms with E-state index in [-0.39, 0.29) is 5.69 Å². The Labute approximate surface area is 130 Å². The number of amides is 2. The van der Waals surface area contributed by atoms with Crippen molar-refractivity contribution in [1.29, 1.82) is 0 Å². The van der Waals surface area contributed by atoms with Crippen LogP contribution < -0.4 is 16.2 Å². The first-order valence-corrected chi connectivity index (χ1v) is 6.45. The third-order valence-corrected chi connectivity index (χ3v) is 2.80. The third-order valence-electron chi connectivity index (χ3n) is 2.80. The molecule has 0 spiro atoms. The fourth-order valence-electron chi connectivity index (χ4n) is 1.75. The zero-order valence-corrected chi connectivity index (χ0v) is 11.7. The van der Waals surface area contributed by atoms with Crippen LogP contribution in [0.2, 0.25) is 0 Å². The number of hydrogen-bond acceptors (Lipinski definition) is 2. The van der Waals surface area contributed by atoms with Gasteiger partial charge in [-0.25, -0.2) is 4.79 Å². The second-order valence-electron chi connectivity index (χ2n) is 4.51. The molecular weight excluding hydrogens is 307 g/mol. The molecule has 0 saturated heterocycles. The van der Waals surface area contributed by atoms with Crippen LogP contribution in [0.5, 0.6) is 0 Å². The molecule has 23 heavy (non-hydrogen) atoms. The van der Waals surface area contributed by atoms with Crippen LogP contribution in [0.3, 0.4) is 0 Å². The van der Waals surface area contributed by atoms with Crippen molar-refractivity contribution in [3.05, 3.63) is 59.7 Å². The summed E-state index contributed by atoms with van der Waals surface area (Å²) in [6, 6.07) is 10.4. The third kappa shape index (κ3) is 4.68. The van der Waals surface area contributed by atoms with Crippen LogP contribution in [-0.2, 0) is 6.18 Å². The van der Waals surface area contributed by atoms with Crippen molar-refractivity contribution in [3.8, 4) is 12.3 Å². The van der Waals surface area contributed by atoms with Crippen molar-refractivity contribution in [3.63, 3.8) is 0 Å². The number of urea groups is 1. The van der Waals surface area contributed by atoms with Crippen molar-refractivity contribution in [2.45, 2.75) is 6.18 Å². The molecule has 2 aromatic rings. The Bertz CT molecular complexity index is 751. The Morgan fingerprint density at radius 1 is 1.04 bits per heavy atom. The molecule has 2 rings (SSSR count). The van der Waals surface area contributed by atoms with E-state index in [9.17, 15) is 18.0 Å². The van der Waals surface area contributed by atoms with Gasteiger partial charge in [-0.1, -0.05) is 18.1 Å². The minimum Gasteiger partial charge on any atom is -0.307 e. The number of alkyl halides is 3. The van der Waals surface area contributed by atoms with E-state index in [0.29, 0.717) is 11.3 Å². The average Bonchev–Trinajstić information content (AvgIpc) is 2.52. The van der Waals surface area contributed by atoms with Gasteiger partial charge in [-0.2, -0.15) is 13.2 Å².